The Bertz CT molecular complexity index is 1150. The van der Waals surface area contributed by atoms with E-state index in [1.807, 2.05) is 61.5 Å². The number of ketones is 1. The van der Waals surface area contributed by atoms with E-state index in [1.54, 1.807) is 6.08 Å². The fourth-order valence-electron chi connectivity index (χ4n) is 5.30. The minimum atomic E-state index is -0.258. The van der Waals surface area contributed by atoms with Gasteiger partial charge in [-0.3, -0.25) is 4.79 Å². The topological polar surface area (TPSA) is 48.0 Å². The summed E-state index contributed by atoms with van der Waals surface area (Å²) in [6.45, 7) is 3.95. The molecule has 1 fully saturated rings. The highest BCUT2D eigenvalue weighted by Crippen LogP contribution is 2.38. The van der Waals surface area contributed by atoms with E-state index >= 15 is 0 Å². The van der Waals surface area contributed by atoms with Crippen LogP contribution in [0, 0.1) is 0 Å². The predicted octanol–water partition coefficient (Wildman–Crippen LogP) is 5.30. The van der Waals surface area contributed by atoms with E-state index in [-0.39, 0.29) is 30.1 Å². The van der Waals surface area contributed by atoms with Crippen molar-refractivity contribution < 1.29 is 19.0 Å². The van der Waals surface area contributed by atoms with Gasteiger partial charge >= 0.3 is 0 Å². The van der Waals surface area contributed by atoms with Crippen LogP contribution < -0.4 is 0 Å². The molecule has 2 aliphatic heterocycles. The third-order valence-electron chi connectivity index (χ3n) is 6.96. The zero-order valence-electron chi connectivity index (χ0n) is 20.7. The van der Waals surface area contributed by atoms with Crippen molar-refractivity contribution in [1.29, 1.82) is 0 Å². The molecule has 36 heavy (non-hydrogen) atoms. The summed E-state index contributed by atoms with van der Waals surface area (Å²) >= 11 is 0. The molecule has 2 aliphatic rings. The zero-order valence-corrected chi connectivity index (χ0v) is 20.7. The first kappa shape index (κ1) is 24.4. The molecule has 4 atom stereocenters. The Morgan fingerprint density at radius 1 is 0.722 bits per heavy atom. The van der Waals surface area contributed by atoms with Crippen LogP contribution in [0.2, 0.25) is 0 Å². The van der Waals surface area contributed by atoms with Crippen LogP contribution in [0.25, 0.3) is 0 Å². The van der Waals surface area contributed by atoms with Gasteiger partial charge in [0.1, 0.15) is 12.2 Å². The summed E-state index contributed by atoms with van der Waals surface area (Å²) in [7, 11) is 0. The number of carbonyl (C=O) groups excluding carboxylic acids is 1. The summed E-state index contributed by atoms with van der Waals surface area (Å²) in [5.74, 6) is 0.134. The largest absolute Gasteiger partial charge is 0.375 e. The Morgan fingerprint density at radius 3 is 1.78 bits per heavy atom. The molecule has 0 amide bonds. The van der Waals surface area contributed by atoms with Gasteiger partial charge in [-0.1, -0.05) is 91.0 Å². The second-order valence-electron chi connectivity index (χ2n) is 9.52. The van der Waals surface area contributed by atoms with Gasteiger partial charge < -0.3 is 19.1 Å². The summed E-state index contributed by atoms with van der Waals surface area (Å²) < 4.78 is 19.4. The van der Waals surface area contributed by atoms with Gasteiger partial charge in [0.25, 0.3) is 0 Å². The quantitative estimate of drug-likeness (QED) is 0.392. The minimum Gasteiger partial charge on any atom is -0.375 e. The molecule has 1 saturated heterocycles. The maximum atomic E-state index is 12.6. The maximum absolute atomic E-state index is 12.6. The molecule has 0 aliphatic carbocycles. The number of hydrogen-bond donors (Lipinski definition) is 0. The average molecular weight is 484 g/mol. The fourth-order valence-corrected chi connectivity index (χ4v) is 5.30. The van der Waals surface area contributed by atoms with Gasteiger partial charge in [-0.2, -0.15) is 0 Å². The first-order valence-corrected chi connectivity index (χ1v) is 12.6. The number of fused-ring (bicyclic) bond motifs is 1. The molecule has 5 nitrogen and oxygen atoms in total. The number of rotatable bonds is 10. The highest BCUT2D eigenvalue weighted by Gasteiger charge is 2.52. The Hall–Kier alpha value is -3.25. The first-order chi connectivity index (χ1) is 17.7. The second-order valence-corrected chi connectivity index (χ2v) is 9.52. The Labute approximate surface area is 213 Å². The minimum absolute atomic E-state index is 0.0625. The van der Waals surface area contributed by atoms with Gasteiger partial charge in [0, 0.05) is 18.2 Å². The fraction of sp³-hybridized carbons (Fsp3) is 0.323. The van der Waals surface area contributed by atoms with Crippen molar-refractivity contribution in [2.45, 2.75) is 57.5 Å². The van der Waals surface area contributed by atoms with Gasteiger partial charge in [0.15, 0.2) is 5.78 Å². The number of carbonyl (C=O) groups is 1. The third-order valence-corrected chi connectivity index (χ3v) is 6.96. The smallest absolute Gasteiger partial charge is 0.159 e. The lowest BCUT2D eigenvalue weighted by Gasteiger charge is -2.36. The number of hydrogen-bond acceptors (Lipinski definition) is 5. The second kappa shape index (κ2) is 11.7. The van der Waals surface area contributed by atoms with Crippen LogP contribution in [0.1, 0.15) is 30.0 Å². The normalized spacial score (nSPS) is 23.4. The monoisotopic (exact) mass is 483 g/mol. The van der Waals surface area contributed by atoms with Crippen LogP contribution in [0.4, 0.5) is 0 Å². The summed E-state index contributed by atoms with van der Waals surface area (Å²) in [6, 6.07) is 30.4. The van der Waals surface area contributed by atoms with Crippen LogP contribution in [-0.4, -0.2) is 41.6 Å². The SMILES string of the molecule is CC1=CC(=O)C[C@H]2[C@@H](OCc3ccccc3)[C@H](OCc3ccccc3)[C@@H](COCc3ccccc3)N12. The molecule has 3 aromatic rings. The molecule has 0 spiro atoms. The highest BCUT2D eigenvalue weighted by molar-refractivity contribution is 5.91. The molecule has 0 unspecified atom stereocenters. The molecule has 5 rings (SSSR count). The lowest BCUT2D eigenvalue weighted by molar-refractivity contribution is -0.118. The molecule has 186 valence electrons. The summed E-state index contributed by atoms with van der Waals surface area (Å²) in [6.07, 6.45) is 1.65. The molecule has 0 aromatic heterocycles. The Balaban J connectivity index is 1.39. The van der Waals surface area contributed by atoms with Crippen LogP contribution in [0.3, 0.4) is 0 Å². The molecule has 0 saturated carbocycles. The van der Waals surface area contributed by atoms with Gasteiger partial charge in [-0.15, -0.1) is 0 Å². The number of nitrogens with zero attached hydrogens (tertiary/aromatic N) is 1. The van der Waals surface area contributed by atoms with Crippen molar-refractivity contribution in [3.63, 3.8) is 0 Å². The first-order valence-electron chi connectivity index (χ1n) is 12.6. The van der Waals surface area contributed by atoms with Crippen LogP contribution >= 0.6 is 0 Å². The molecule has 3 aromatic carbocycles. The van der Waals surface area contributed by atoms with Gasteiger partial charge in [-0.25, -0.2) is 0 Å². The predicted molar refractivity (Wildman–Crippen MR) is 139 cm³/mol. The molecule has 0 radical (unpaired) electrons. The molecule has 0 N–H and O–H groups in total. The molecular formula is C31H33NO4. The molecule has 2 heterocycles. The summed E-state index contributed by atoms with van der Waals surface area (Å²) in [4.78, 5) is 14.9. The lowest BCUT2D eigenvalue weighted by atomic mass is 10.00. The van der Waals surface area contributed by atoms with E-state index in [0.29, 0.717) is 32.8 Å². The van der Waals surface area contributed by atoms with E-state index in [0.717, 1.165) is 22.4 Å². The third kappa shape index (κ3) is 5.76. The number of allylic oxidation sites excluding steroid dienone is 2. The van der Waals surface area contributed by atoms with Gasteiger partial charge in [-0.05, 0) is 23.6 Å². The maximum Gasteiger partial charge on any atom is 0.159 e. The van der Waals surface area contributed by atoms with Gasteiger partial charge in [0.2, 0.25) is 0 Å². The molecular weight excluding hydrogens is 450 g/mol. The van der Waals surface area contributed by atoms with Crippen molar-refractivity contribution in [3.8, 4) is 0 Å². The van der Waals surface area contributed by atoms with E-state index in [9.17, 15) is 4.79 Å². The van der Waals surface area contributed by atoms with Crippen molar-refractivity contribution in [2.24, 2.45) is 0 Å². The van der Waals surface area contributed by atoms with E-state index in [2.05, 4.69) is 41.3 Å². The van der Waals surface area contributed by atoms with E-state index in [1.165, 1.54) is 0 Å². The van der Waals surface area contributed by atoms with E-state index in [4.69, 9.17) is 14.2 Å². The van der Waals surface area contributed by atoms with Gasteiger partial charge in [0.05, 0.1) is 38.5 Å². The average Bonchev–Trinajstić information content (AvgIpc) is 3.20. The lowest BCUT2D eigenvalue weighted by Crippen LogP contribution is -2.44. The summed E-state index contributed by atoms with van der Waals surface area (Å²) in [5, 5.41) is 0. The number of ether oxygens (including phenoxy) is 3. The van der Waals surface area contributed by atoms with Crippen molar-refractivity contribution in [3.05, 3.63) is 119 Å². The van der Waals surface area contributed by atoms with Crippen molar-refractivity contribution in [2.75, 3.05) is 6.61 Å². The van der Waals surface area contributed by atoms with Crippen LogP contribution in [0.15, 0.2) is 103 Å². The van der Waals surface area contributed by atoms with Crippen molar-refractivity contribution in [1.82, 2.24) is 4.90 Å². The zero-order chi connectivity index (χ0) is 24.7. The number of benzene rings is 3. The molecule has 5 heteroatoms. The highest BCUT2D eigenvalue weighted by atomic mass is 16.5. The van der Waals surface area contributed by atoms with Crippen LogP contribution in [0.5, 0.6) is 0 Å². The molecule has 0 bridgehead atoms. The van der Waals surface area contributed by atoms with Crippen LogP contribution in [-0.2, 0) is 38.8 Å². The van der Waals surface area contributed by atoms with Crippen molar-refractivity contribution >= 4 is 5.78 Å². The standard InChI is InChI=1S/C31H33NO4/c1-23-17-27(33)18-28-30(35-20-25-13-7-3-8-14-25)31(36-21-26-15-9-4-10-16-26)29(32(23)28)22-34-19-24-11-5-2-6-12-24/h2-17,28-31H,18-22H2,1H3/t28-,29+,30+,31+/m0/s1. The Morgan fingerprint density at radius 2 is 1.22 bits per heavy atom. The van der Waals surface area contributed by atoms with E-state index < -0.39 is 0 Å². The Kier molecular flexibility index (Phi) is 7.91. The summed E-state index contributed by atoms with van der Waals surface area (Å²) in [5.41, 5.74) is 4.29.